The first-order valence-corrected chi connectivity index (χ1v) is 9.72. The Morgan fingerprint density at radius 2 is 1.84 bits per heavy atom. The second-order valence-corrected chi connectivity index (χ2v) is 9.82. The smallest absolute Gasteiger partial charge is 0.309 e. The van der Waals surface area contributed by atoms with Crippen molar-refractivity contribution in [1.29, 1.82) is 0 Å². The molecule has 2 bridgehead atoms. The molecule has 5 nitrogen and oxygen atoms in total. The first kappa shape index (κ1) is 17.5. The van der Waals surface area contributed by atoms with E-state index in [4.69, 9.17) is 0 Å². The fourth-order valence-corrected chi connectivity index (χ4v) is 7.67. The number of hydrogen-bond donors (Lipinski definition) is 3. The number of carbonyl (C=O) groups excluding carboxylic acids is 1. The molecule has 0 aromatic rings. The number of rotatable bonds is 1. The second-order valence-electron chi connectivity index (χ2n) is 9.82. The molecule has 1 spiro atoms. The fraction of sp³-hybridized carbons (Fsp3) is 0.900. The summed E-state index contributed by atoms with van der Waals surface area (Å²) in [5.41, 5.74) is -3.63. The third-order valence-corrected chi connectivity index (χ3v) is 9.13. The summed E-state index contributed by atoms with van der Waals surface area (Å²) in [6.07, 6.45) is 3.36. The van der Waals surface area contributed by atoms with Crippen LogP contribution in [0, 0.1) is 34.0 Å². The molecule has 3 N–H and O–H groups in total. The fourth-order valence-electron chi connectivity index (χ4n) is 7.67. The van der Waals surface area contributed by atoms with Crippen molar-refractivity contribution >= 4 is 11.8 Å². The van der Waals surface area contributed by atoms with Crippen molar-refractivity contribution in [2.24, 2.45) is 34.0 Å². The second kappa shape index (κ2) is 4.86. The molecule has 140 valence electrons. The van der Waals surface area contributed by atoms with Crippen molar-refractivity contribution in [3.8, 4) is 0 Å². The molecule has 0 aromatic heterocycles. The van der Waals surface area contributed by atoms with E-state index >= 15 is 0 Å². The minimum Gasteiger partial charge on any atom is -0.481 e. The molecule has 0 radical (unpaired) electrons. The molecule has 0 aliphatic heterocycles. The van der Waals surface area contributed by atoms with Crippen LogP contribution in [0.15, 0.2) is 0 Å². The monoisotopic (exact) mass is 350 g/mol. The van der Waals surface area contributed by atoms with Gasteiger partial charge < -0.3 is 15.3 Å². The Bertz CT molecular complexity index is 646. The summed E-state index contributed by atoms with van der Waals surface area (Å²) in [6.45, 7) is 5.68. The summed E-state index contributed by atoms with van der Waals surface area (Å²) in [4.78, 5) is 25.3. The zero-order chi connectivity index (χ0) is 18.4. The summed E-state index contributed by atoms with van der Waals surface area (Å²) in [6, 6.07) is 0. The molecule has 5 heteroatoms. The summed E-state index contributed by atoms with van der Waals surface area (Å²) in [5, 5.41) is 32.6. The highest BCUT2D eigenvalue weighted by Crippen LogP contribution is 2.72. The van der Waals surface area contributed by atoms with Gasteiger partial charge in [0, 0.05) is 17.8 Å². The SMILES string of the molecule is CC1C(=O)[C@@]23CC[C@@H]4[C@](C)(C(=O)O)CCC[C@@]4(C)[C@]2(O)CC(O)C1C3. The molecule has 0 amide bonds. The molecule has 0 saturated heterocycles. The van der Waals surface area contributed by atoms with Gasteiger partial charge in [-0.3, -0.25) is 9.59 Å². The number of aliphatic hydroxyl groups excluding tert-OH is 1. The van der Waals surface area contributed by atoms with Crippen molar-refractivity contribution in [2.45, 2.75) is 77.4 Å². The number of carboxylic acid groups (broad SMARTS) is 1. The summed E-state index contributed by atoms with van der Waals surface area (Å²) < 4.78 is 0. The Morgan fingerprint density at radius 3 is 2.48 bits per heavy atom. The Labute approximate surface area is 148 Å². The van der Waals surface area contributed by atoms with E-state index in [1.54, 1.807) is 6.92 Å². The number of aliphatic hydroxyl groups is 2. The molecule has 4 saturated carbocycles. The van der Waals surface area contributed by atoms with Gasteiger partial charge >= 0.3 is 5.97 Å². The number of hydrogen-bond acceptors (Lipinski definition) is 4. The molecule has 0 heterocycles. The van der Waals surface area contributed by atoms with E-state index in [0.29, 0.717) is 25.7 Å². The topological polar surface area (TPSA) is 94.8 Å². The maximum Gasteiger partial charge on any atom is 0.309 e. The lowest BCUT2D eigenvalue weighted by atomic mass is 9.38. The molecule has 3 unspecified atom stereocenters. The van der Waals surface area contributed by atoms with Crippen LogP contribution in [0.5, 0.6) is 0 Å². The van der Waals surface area contributed by atoms with Crippen molar-refractivity contribution in [3.63, 3.8) is 0 Å². The van der Waals surface area contributed by atoms with Gasteiger partial charge in [-0.05, 0) is 50.9 Å². The largest absolute Gasteiger partial charge is 0.481 e. The molecule has 4 aliphatic rings. The van der Waals surface area contributed by atoms with Crippen molar-refractivity contribution in [1.82, 2.24) is 0 Å². The van der Waals surface area contributed by atoms with E-state index in [1.165, 1.54) is 0 Å². The lowest BCUT2D eigenvalue weighted by Gasteiger charge is -2.67. The summed E-state index contributed by atoms with van der Waals surface area (Å²) >= 11 is 0. The maximum absolute atomic E-state index is 13.2. The lowest BCUT2D eigenvalue weighted by molar-refractivity contribution is -0.266. The van der Waals surface area contributed by atoms with Gasteiger partial charge in [0.15, 0.2) is 0 Å². The highest BCUT2D eigenvalue weighted by molar-refractivity contribution is 5.91. The van der Waals surface area contributed by atoms with Crippen LogP contribution in [0.25, 0.3) is 0 Å². The minimum absolute atomic E-state index is 0.0672. The molecule has 4 aliphatic carbocycles. The van der Waals surface area contributed by atoms with E-state index in [9.17, 15) is 24.9 Å². The number of fused-ring (bicyclic) bond motifs is 3. The molecule has 8 atom stereocenters. The van der Waals surface area contributed by atoms with Crippen LogP contribution in [0.2, 0.25) is 0 Å². The number of carboxylic acids is 1. The Hall–Kier alpha value is -0.940. The number of carbonyl (C=O) groups is 2. The van der Waals surface area contributed by atoms with Gasteiger partial charge in [0.2, 0.25) is 0 Å². The van der Waals surface area contributed by atoms with E-state index in [-0.39, 0.29) is 30.0 Å². The van der Waals surface area contributed by atoms with Crippen LogP contribution in [0.3, 0.4) is 0 Å². The first-order chi connectivity index (χ1) is 11.5. The highest BCUT2D eigenvalue weighted by atomic mass is 16.4. The quantitative estimate of drug-likeness (QED) is 0.675. The molecule has 25 heavy (non-hydrogen) atoms. The molecular weight excluding hydrogens is 320 g/mol. The predicted molar refractivity (Wildman–Crippen MR) is 90.7 cm³/mol. The number of ketones is 1. The van der Waals surface area contributed by atoms with E-state index in [0.717, 1.165) is 12.8 Å². The first-order valence-electron chi connectivity index (χ1n) is 9.72. The standard InChI is InChI=1S/C20H30O5/c1-11-12-9-19(15(11)22)8-5-14-17(2,16(23)24)6-4-7-18(14,3)20(19,25)10-13(12)21/h11-14,21,25H,4-10H2,1-3H3,(H,23,24)/t11?,12?,13?,14-,17-,18-,19+,20-/m1/s1. The van der Waals surface area contributed by atoms with E-state index in [1.807, 2.05) is 13.8 Å². The van der Waals surface area contributed by atoms with Crippen LogP contribution < -0.4 is 0 Å². The number of aliphatic carboxylic acids is 1. The van der Waals surface area contributed by atoms with Gasteiger partial charge in [0.1, 0.15) is 5.78 Å². The van der Waals surface area contributed by atoms with Gasteiger partial charge in [-0.15, -0.1) is 0 Å². The van der Waals surface area contributed by atoms with Gasteiger partial charge in [-0.25, -0.2) is 0 Å². The van der Waals surface area contributed by atoms with Crippen LogP contribution in [0.4, 0.5) is 0 Å². The third kappa shape index (κ3) is 1.72. The average Bonchev–Trinajstić information content (AvgIpc) is 2.76. The van der Waals surface area contributed by atoms with Gasteiger partial charge in [0.25, 0.3) is 0 Å². The molecule has 0 aromatic carbocycles. The van der Waals surface area contributed by atoms with Gasteiger partial charge in [-0.1, -0.05) is 20.3 Å². The predicted octanol–water partition coefficient (Wildman–Crippen LogP) is 2.38. The number of Topliss-reactive ketones (excluding diaryl/α,β-unsaturated/α-hetero) is 1. The molecule has 4 fully saturated rings. The summed E-state index contributed by atoms with van der Waals surface area (Å²) in [5.74, 6) is -1.17. The molecular formula is C20H30O5. The van der Waals surface area contributed by atoms with Crippen molar-refractivity contribution < 1.29 is 24.9 Å². The van der Waals surface area contributed by atoms with Crippen LogP contribution in [-0.4, -0.2) is 38.8 Å². The minimum atomic E-state index is -1.31. The Kier molecular flexibility index (Phi) is 3.40. The zero-order valence-corrected chi connectivity index (χ0v) is 15.4. The van der Waals surface area contributed by atoms with Crippen LogP contribution in [-0.2, 0) is 9.59 Å². The van der Waals surface area contributed by atoms with Crippen molar-refractivity contribution in [2.75, 3.05) is 0 Å². The normalized spacial score (nSPS) is 57.7. The van der Waals surface area contributed by atoms with Crippen LogP contribution >= 0.6 is 0 Å². The highest BCUT2D eigenvalue weighted by Gasteiger charge is 2.76. The Morgan fingerprint density at radius 1 is 1.16 bits per heavy atom. The van der Waals surface area contributed by atoms with Crippen LogP contribution in [0.1, 0.15) is 65.7 Å². The van der Waals surface area contributed by atoms with Gasteiger partial charge in [0.05, 0.1) is 22.5 Å². The Balaban J connectivity index is 1.87. The lowest BCUT2D eigenvalue weighted by Crippen LogP contribution is -2.71. The van der Waals surface area contributed by atoms with E-state index in [2.05, 4.69) is 0 Å². The average molecular weight is 350 g/mol. The maximum atomic E-state index is 13.2. The zero-order valence-electron chi connectivity index (χ0n) is 15.4. The van der Waals surface area contributed by atoms with Crippen molar-refractivity contribution in [3.05, 3.63) is 0 Å². The third-order valence-electron chi connectivity index (χ3n) is 9.13. The van der Waals surface area contributed by atoms with E-state index < -0.39 is 33.9 Å². The van der Waals surface area contributed by atoms with Gasteiger partial charge in [-0.2, -0.15) is 0 Å². The molecule has 4 rings (SSSR count). The summed E-state index contributed by atoms with van der Waals surface area (Å²) in [7, 11) is 0.